The summed E-state index contributed by atoms with van der Waals surface area (Å²) in [7, 11) is -3.91. The number of fused-ring (bicyclic) bond motifs is 1. The number of carbonyl (C=O) groups is 1. The van der Waals surface area contributed by atoms with Gasteiger partial charge >= 0.3 is 0 Å². The molecule has 0 unspecified atom stereocenters. The Hall–Kier alpha value is -3.52. The minimum absolute atomic E-state index is 0.00657. The number of hydrogen-bond acceptors (Lipinski definition) is 5. The Bertz CT molecular complexity index is 1300. The lowest BCUT2D eigenvalue weighted by molar-refractivity contribution is -0.122. The van der Waals surface area contributed by atoms with Crippen LogP contribution in [-0.2, 0) is 14.8 Å². The number of rotatable bonds is 6. The number of nitrogens with one attached hydrogen (secondary N) is 1. The van der Waals surface area contributed by atoms with E-state index < -0.39 is 22.0 Å². The van der Waals surface area contributed by atoms with E-state index in [1.807, 2.05) is 39.8 Å². The third kappa shape index (κ3) is 5.02. The molecule has 1 atom stereocenters. The second-order valence-electron chi connectivity index (χ2n) is 8.61. The molecular formula is C26H28N2O5S. The largest absolute Gasteiger partial charge is 0.491 e. The minimum atomic E-state index is -3.91. The van der Waals surface area contributed by atoms with Gasteiger partial charge in [0.25, 0.3) is 15.9 Å². The summed E-state index contributed by atoms with van der Waals surface area (Å²) >= 11 is 0. The lowest BCUT2D eigenvalue weighted by Gasteiger charge is -2.35. The highest BCUT2D eigenvalue weighted by molar-refractivity contribution is 7.92. The molecule has 178 valence electrons. The maximum absolute atomic E-state index is 13.5. The van der Waals surface area contributed by atoms with Crippen LogP contribution in [0.5, 0.6) is 11.5 Å². The van der Waals surface area contributed by atoms with Gasteiger partial charge in [-0.05, 0) is 69.7 Å². The average Bonchev–Trinajstić information content (AvgIpc) is 2.78. The Labute approximate surface area is 200 Å². The van der Waals surface area contributed by atoms with E-state index in [1.165, 1.54) is 4.31 Å². The van der Waals surface area contributed by atoms with Gasteiger partial charge < -0.3 is 14.8 Å². The van der Waals surface area contributed by atoms with E-state index in [0.717, 1.165) is 11.1 Å². The van der Waals surface area contributed by atoms with Gasteiger partial charge in [-0.25, -0.2) is 8.42 Å². The van der Waals surface area contributed by atoms with Crippen LogP contribution < -0.4 is 19.1 Å². The third-order valence-electron chi connectivity index (χ3n) is 5.36. The number of ether oxygens (including phenoxy) is 2. The molecule has 0 radical (unpaired) electrons. The highest BCUT2D eigenvalue weighted by Crippen LogP contribution is 2.38. The molecule has 8 heteroatoms. The van der Waals surface area contributed by atoms with E-state index in [9.17, 15) is 13.2 Å². The first-order valence-corrected chi connectivity index (χ1v) is 12.5. The molecular weight excluding hydrogens is 452 g/mol. The molecule has 4 rings (SSSR count). The molecule has 0 spiro atoms. The molecule has 0 bridgehead atoms. The van der Waals surface area contributed by atoms with Crippen LogP contribution in [-0.4, -0.2) is 33.1 Å². The molecule has 0 saturated carbocycles. The van der Waals surface area contributed by atoms with Crippen molar-refractivity contribution >= 4 is 27.3 Å². The Kier molecular flexibility index (Phi) is 6.52. The van der Waals surface area contributed by atoms with Crippen LogP contribution >= 0.6 is 0 Å². The fourth-order valence-electron chi connectivity index (χ4n) is 3.70. The SMILES string of the molecule is Cc1ccc(S(=O)(=O)N2C[C@H](C(=O)Nc3cccc(OC(C)C)c3)Oc3cc(C)ccc32)cc1. The average molecular weight is 481 g/mol. The van der Waals surface area contributed by atoms with Gasteiger partial charge in [-0.15, -0.1) is 0 Å². The molecule has 1 aliphatic heterocycles. The summed E-state index contributed by atoms with van der Waals surface area (Å²) in [6.45, 7) is 7.46. The van der Waals surface area contributed by atoms with Crippen LogP contribution in [0.1, 0.15) is 25.0 Å². The number of carbonyl (C=O) groups excluding carboxylic acids is 1. The van der Waals surface area contributed by atoms with E-state index in [4.69, 9.17) is 9.47 Å². The Morgan fingerprint density at radius 2 is 1.74 bits per heavy atom. The zero-order valence-electron chi connectivity index (χ0n) is 19.6. The van der Waals surface area contributed by atoms with Crippen molar-refractivity contribution in [3.63, 3.8) is 0 Å². The van der Waals surface area contributed by atoms with Crippen molar-refractivity contribution in [2.45, 2.75) is 44.8 Å². The number of nitrogens with zero attached hydrogens (tertiary/aromatic N) is 1. The van der Waals surface area contributed by atoms with Crippen LogP contribution in [0.4, 0.5) is 11.4 Å². The number of anilines is 2. The highest BCUT2D eigenvalue weighted by Gasteiger charge is 2.37. The number of sulfonamides is 1. The topological polar surface area (TPSA) is 84.9 Å². The second kappa shape index (κ2) is 9.38. The van der Waals surface area contributed by atoms with E-state index in [0.29, 0.717) is 22.9 Å². The fraction of sp³-hybridized carbons (Fsp3) is 0.269. The lowest BCUT2D eigenvalue weighted by Crippen LogP contribution is -2.48. The number of aryl methyl sites for hydroxylation is 2. The minimum Gasteiger partial charge on any atom is -0.491 e. The summed E-state index contributed by atoms with van der Waals surface area (Å²) in [4.78, 5) is 13.3. The van der Waals surface area contributed by atoms with Crippen LogP contribution in [0.3, 0.4) is 0 Å². The quantitative estimate of drug-likeness (QED) is 0.554. The summed E-state index contributed by atoms with van der Waals surface area (Å²) in [5, 5.41) is 2.82. The van der Waals surface area contributed by atoms with Crippen molar-refractivity contribution in [3.8, 4) is 11.5 Å². The van der Waals surface area contributed by atoms with Crippen molar-refractivity contribution in [2.24, 2.45) is 0 Å². The molecule has 1 amide bonds. The van der Waals surface area contributed by atoms with Crippen molar-refractivity contribution in [1.82, 2.24) is 0 Å². The van der Waals surface area contributed by atoms with Crippen molar-refractivity contribution < 1.29 is 22.7 Å². The van der Waals surface area contributed by atoms with Gasteiger partial charge in [-0.3, -0.25) is 9.10 Å². The first-order valence-electron chi connectivity index (χ1n) is 11.1. The van der Waals surface area contributed by atoms with Crippen LogP contribution in [0.15, 0.2) is 71.6 Å². The van der Waals surface area contributed by atoms with Crippen molar-refractivity contribution in [3.05, 3.63) is 77.9 Å². The second-order valence-corrected chi connectivity index (χ2v) is 10.5. The van der Waals surface area contributed by atoms with Crippen LogP contribution in [0, 0.1) is 13.8 Å². The standard InChI is InChI=1S/C26H28N2O5S/c1-17(2)32-21-7-5-6-20(15-21)27-26(29)25-16-28(23-13-10-19(4)14-24(23)33-25)34(30,31)22-11-8-18(3)9-12-22/h5-15,17,25H,16H2,1-4H3,(H,27,29)/t25-/m1/s1. The van der Waals surface area contributed by atoms with E-state index >= 15 is 0 Å². The Morgan fingerprint density at radius 1 is 1.03 bits per heavy atom. The molecule has 0 aromatic heterocycles. The molecule has 3 aromatic carbocycles. The monoisotopic (exact) mass is 480 g/mol. The zero-order valence-corrected chi connectivity index (χ0v) is 20.4. The van der Waals surface area contributed by atoms with Crippen LogP contribution in [0.2, 0.25) is 0 Å². The van der Waals surface area contributed by atoms with E-state index in [-0.39, 0.29) is 17.5 Å². The normalized spacial score (nSPS) is 15.4. The molecule has 1 N–H and O–H groups in total. The third-order valence-corrected chi connectivity index (χ3v) is 7.15. The first-order chi connectivity index (χ1) is 16.1. The molecule has 7 nitrogen and oxygen atoms in total. The highest BCUT2D eigenvalue weighted by atomic mass is 32.2. The van der Waals surface area contributed by atoms with Crippen molar-refractivity contribution in [2.75, 3.05) is 16.2 Å². The van der Waals surface area contributed by atoms with Gasteiger partial charge in [0.05, 0.1) is 23.2 Å². The summed E-state index contributed by atoms with van der Waals surface area (Å²) in [5.74, 6) is 0.527. The lowest BCUT2D eigenvalue weighted by atomic mass is 10.1. The maximum atomic E-state index is 13.5. The number of benzene rings is 3. The van der Waals surface area contributed by atoms with Crippen LogP contribution in [0.25, 0.3) is 0 Å². The first kappa shape index (κ1) is 23.6. The van der Waals surface area contributed by atoms with Gasteiger partial charge in [-0.2, -0.15) is 0 Å². The van der Waals surface area contributed by atoms with Gasteiger partial charge in [0.1, 0.15) is 11.5 Å². The summed E-state index contributed by atoms with van der Waals surface area (Å²) in [6.07, 6.45) is -1.04. The van der Waals surface area contributed by atoms with Gasteiger partial charge in [0.15, 0.2) is 6.10 Å². The zero-order chi connectivity index (χ0) is 24.5. The molecule has 0 fully saturated rings. The summed E-state index contributed by atoms with van der Waals surface area (Å²) < 4.78 is 40.0. The predicted molar refractivity (Wildman–Crippen MR) is 132 cm³/mol. The van der Waals surface area contributed by atoms with Crippen molar-refractivity contribution in [1.29, 1.82) is 0 Å². The number of amides is 1. The van der Waals surface area contributed by atoms with Gasteiger partial charge in [-0.1, -0.05) is 29.8 Å². The molecule has 1 aliphatic rings. The summed E-state index contributed by atoms with van der Waals surface area (Å²) in [5.41, 5.74) is 2.79. The molecule has 3 aromatic rings. The molecule has 0 saturated heterocycles. The Balaban J connectivity index is 1.64. The predicted octanol–water partition coefficient (Wildman–Crippen LogP) is 4.69. The molecule has 1 heterocycles. The molecule has 34 heavy (non-hydrogen) atoms. The smallest absolute Gasteiger partial charge is 0.267 e. The fourth-order valence-corrected chi connectivity index (χ4v) is 5.18. The number of hydrogen-bond donors (Lipinski definition) is 1. The van der Waals surface area contributed by atoms with Gasteiger partial charge in [0, 0.05) is 11.8 Å². The van der Waals surface area contributed by atoms with Gasteiger partial charge in [0.2, 0.25) is 0 Å². The molecule has 0 aliphatic carbocycles. The Morgan fingerprint density at radius 3 is 2.44 bits per heavy atom. The summed E-state index contributed by atoms with van der Waals surface area (Å²) in [6, 6.07) is 19.0. The van der Waals surface area contributed by atoms with E-state index in [2.05, 4.69) is 5.32 Å². The maximum Gasteiger partial charge on any atom is 0.267 e. The van der Waals surface area contributed by atoms with E-state index in [1.54, 1.807) is 54.6 Å².